The van der Waals surface area contributed by atoms with Gasteiger partial charge < -0.3 is 0 Å². The van der Waals surface area contributed by atoms with Gasteiger partial charge in [-0.25, -0.2) is 4.99 Å². The van der Waals surface area contributed by atoms with Gasteiger partial charge in [-0.3, -0.25) is 10.1 Å². The van der Waals surface area contributed by atoms with Gasteiger partial charge in [0.15, 0.2) is 0 Å². The molecule has 3 aromatic rings. The van der Waals surface area contributed by atoms with E-state index in [-0.39, 0.29) is 10.6 Å². The first-order valence-corrected chi connectivity index (χ1v) is 7.68. The molecule has 0 saturated carbocycles. The van der Waals surface area contributed by atoms with E-state index in [4.69, 9.17) is 4.99 Å². The lowest BCUT2D eigenvalue weighted by molar-refractivity contribution is -0.384. The number of hydrogen-bond acceptors (Lipinski definition) is 3. The van der Waals surface area contributed by atoms with Crippen LogP contribution < -0.4 is 0 Å². The minimum absolute atomic E-state index is 0.120. The molecule has 0 radical (unpaired) electrons. The van der Waals surface area contributed by atoms with Crippen molar-refractivity contribution in [2.75, 3.05) is 0 Å². The molecule has 24 heavy (non-hydrogen) atoms. The maximum absolute atomic E-state index is 11.4. The first-order chi connectivity index (χ1) is 11.6. The van der Waals surface area contributed by atoms with Crippen molar-refractivity contribution >= 4 is 17.1 Å². The number of benzene rings is 3. The standard InChI is InChI=1S/C20H14N2O2/c1-13-6-4-7-14(12-13)21-20-16-9-3-2-8-15(16)19-17(20)10-5-11-18(19)22(23)24/h2-12H,1H3/b21-20+. The molecule has 0 unspecified atom stereocenters. The smallest absolute Gasteiger partial charge is 0.258 e. The van der Waals surface area contributed by atoms with Crippen LogP contribution in [0.4, 0.5) is 11.4 Å². The first-order valence-electron chi connectivity index (χ1n) is 7.68. The van der Waals surface area contributed by atoms with E-state index in [1.54, 1.807) is 12.1 Å². The topological polar surface area (TPSA) is 55.5 Å². The first kappa shape index (κ1) is 14.3. The fourth-order valence-electron chi connectivity index (χ4n) is 3.17. The molecule has 4 nitrogen and oxygen atoms in total. The zero-order valence-electron chi connectivity index (χ0n) is 13.1. The quantitative estimate of drug-likeness (QED) is 0.384. The molecule has 4 rings (SSSR count). The zero-order valence-corrected chi connectivity index (χ0v) is 13.1. The number of fused-ring (bicyclic) bond motifs is 3. The lowest BCUT2D eigenvalue weighted by Gasteiger charge is -2.03. The minimum Gasteiger partial charge on any atom is -0.258 e. The third kappa shape index (κ3) is 2.20. The highest BCUT2D eigenvalue weighted by atomic mass is 16.6. The Hall–Kier alpha value is -3.27. The molecule has 3 aromatic carbocycles. The number of nitro groups is 1. The van der Waals surface area contributed by atoms with Crippen molar-refractivity contribution in [3.63, 3.8) is 0 Å². The second-order valence-corrected chi connectivity index (χ2v) is 5.80. The maximum atomic E-state index is 11.4. The Balaban J connectivity index is 2.01. The second kappa shape index (κ2) is 5.42. The fraction of sp³-hybridized carbons (Fsp3) is 0.0500. The van der Waals surface area contributed by atoms with Crippen LogP contribution in [0.5, 0.6) is 0 Å². The molecule has 1 aliphatic carbocycles. The van der Waals surface area contributed by atoms with E-state index in [0.29, 0.717) is 5.56 Å². The Labute approximate surface area is 139 Å². The van der Waals surface area contributed by atoms with Crippen LogP contribution in [0.25, 0.3) is 11.1 Å². The summed E-state index contributed by atoms with van der Waals surface area (Å²) in [4.78, 5) is 15.9. The van der Waals surface area contributed by atoms with Crippen molar-refractivity contribution in [3.05, 3.63) is 93.5 Å². The van der Waals surface area contributed by atoms with E-state index >= 15 is 0 Å². The third-order valence-electron chi connectivity index (χ3n) is 4.19. The van der Waals surface area contributed by atoms with Gasteiger partial charge >= 0.3 is 0 Å². The molecule has 0 atom stereocenters. The molecule has 4 heteroatoms. The van der Waals surface area contributed by atoms with Gasteiger partial charge in [-0.2, -0.15) is 0 Å². The number of aliphatic imine (C=N–C) groups is 1. The summed E-state index contributed by atoms with van der Waals surface area (Å²) >= 11 is 0. The van der Waals surface area contributed by atoms with Crippen LogP contribution >= 0.6 is 0 Å². The minimum atomic E-state index is -0.328. The number of aryl methyl sites for hydroxylation is 1. The van der Waals surface area contributed by atoms with Gasteiger partial charge in [0.1, 0.15) is 0 Å². The Morgan fingerprint density at radius 1 is 0.875 bits per heavy atom. The van der Waals surface area contributed by atoms with Crippen LogP contribution in [0.1, 0.15) is 16.7 Å². The van der Waals surface area contributed by atoms with Crippen LogP contribution in [0, 0.1) is 17.0 Å². The second-order valence-electron chi connectivity index (χ2n) is 5.80. The van der Waals surface area contributed by atoms with Crippen LogP contribution in [0.15, 0.2) is 71.7 Å². The van der Waals surface area contributed by atoms with Crippen molar-refractivity contribution in [1.29, 1.82) is 0 Å². The average molecular weight is 314 g/mol. The van der Waals surface area contributed by atoms with Crippen LogP contribution in [0.2, 0.25) is 0 Å². The summed E-state index contributed by atoms with van der Waals surface area (Å²) in [5.41, 5.74) is 6.15. The number of hydrogen-bond donors (Lipinski definition) is 0. The Kier molecular flexibility index (Phi) is 3.24. The Morgan fingerprint density at radius 3 is 2.33 bits per heavy atom. The SMILES string of the molecule is Cc1cccc(/N=C2\c3ccccc3-c3c2cccc3[N+](=O)[O-])c1. The Bertz CT molecular complexity index is 1010. The summed E-state index contributed by atoms with van der Waals surface area (Å²) in [7, 11) is 0. The van der Waals surface area contributed by atoms with Crippen molar-refractivity contribution < 1.29 is 4.92 Å². The van der Waals surface area contributed by atoms with Gasteiger partial charge in [0, 0.05) is 17.2 Å². The molecule has 0 aromatic heterocycles. The predicted molar refractivity (Wildman–Crippen MR) is 95.0 cm³/mol. The fourth-order valence-corrected chi connectivity index (χ4v) is 3.17. The monoisotopic (exact) mass is 314 g/mol. The highest BCUT2D eigenvalue weighted by Crippen LogP contribution is 2.43. The van der Waals surface area contributed by atoms with Gasteiger partial charge in [0.05, 0.1) is 21.9 Å². The largest absolute Gasteiger partial charge is 0.277 e. The van der Waals surface area contributed by atoms with E-state index < -0.39 is 0 Å². The van der Waals surface area contributed by atoms with E-state index in [2.05, 4.69) is 0 Å². The average Bonchev–Trinajstić information content (AvgIpc) is 2.89. The van der Waals surface area contributed by atoms with Gasteiger partial charge in [-0.1, -0.05) is 48.5 Å². The van der Waals surface area contributed by atoms with Crippen LogP contribution in [-0.2, 0) is 0 Å². The van der Waals surface area contributed by atoms with Crippen molar-refractivity contribution in [2.45, 2.75) is 6.92 Å². The summed E-state index contributed by atoms with van der Waals surface area (Å²) in [5, 5.41) is 11.4. The molecule has 0 saturated heterocycles. The third-order valence-corrected chi connectivity index (χ3v) is 4.19. The summed E-state index contributed by atoms with van der Waals surface area (Å²) < 4.78 is 0. The van der Waals surface area contributed by atoms with Gasteiger partial charge in [-0.15, -0.1) is 0 Å². The lowest BCUT2D eigenvalue weighted by Crippen LogP contribution is -1.98. The zero-order chi connectivity index (χ0) is 16.7. The molecule has 0 amide bonds. The van der Waals surface area contributed by atoms with Gasteiger partial charge in [0.2, 0.25) is 0 Å². The summed E-state index contributed by atoms with van der Waals surface area (Å²) in [6, 6.07) is 20.8. The van der Waals surface area contributed by atoms with Gasteiger partial charge in [0.25, 0.3) is 5.69 Å². The number of nitro benzene ring substituents is 1. The number of nitrogens with zero attached hydrogens (tertiary/aromatic N) is 2. The number of rotatable bonds is 2. The summed E-state index contributed by atoms with van der Waals surface area (Å²) in [6.07, 6.45) is 0. The molecule has 0 aliphatic heterocycles. The Morgan fingerprint density at radius 2 is 1.58 bits per heavy atom. The van der Waals surface area contributed by atoms with E-state index in [1.807, 2.05) is 61.5 Å². The van der Waals surface area contributed by atoms with Gasteiger partial charge in [-0.05, 0) is 30.2 Å². The molecule has 0 bridgehead atoms. The molecular formula is C20H14N2O2. The predicted octanol–water partition coefficient (Wildman–Crippen LogP) is 5.05. The van der Waals surface area contributed by atoms with Crippen molar-refractivity contribution in [3.8, 4) is 11.1 Å². The highest BCUT2D eigenvalue weighted by Gasteiger charge is 2.31. The molecule has 116 valence electrons. The molecule has 0 heterocycles. The normalized spacial score (nSPS) is 13.6. The van der Waals surface area contributed by atoms with Crippen molar-refractivity contribution in [2.24, 2.45) is 4.99 Å². The molecule has 1 aliphatic rings. The van der Waals surface area contributed by atoms with Crippen molar-refractivity contribution in [1.82, 2.24) is 0 Å². The molecule has 0 fully saturated rings. The molecular weight excluding hydrogens is 300 g/mol. The van der Waals surface area contributed by atoms with E-state index in [1.165, 1.54) is 0 Å². The molecule has 0 spiro atoms. The summed E-state index contributed by atoms with van der Waals surface area (Å²) in [5.74, 6) is 0. The van der Waals surface area contributed by atoms with E-state index in [9.17, 15) is 10.1 Å². The van der Waals surface area contributed by atoms with E-state index in [0.717, 1.165) is 33.7 Å². The maximum Gasteiger partial charge on any atom is 0.277 e. The van der Waals surface area contributed by atoms with Crippen LogP contribution in [-0.4, -0.2) is 10.6 Å². The molecule has 0 N–H and O–H groups in total. The van der Waals surface area contributed by atoms with Crippen LogP contribution in [0.3, 0.4) is 0 Å². The lowest BCUT2D eigenvalue weighted by atomic mass is 10.0. The highest BCUT2D eigenvalue weighted by molar-refractivity contribution is 6.26. The summed E-state index contributed by atoms with van der Waals surface area (Å²) in [6.45, 7) is 2.02.